The molecule has 112 valence electrons. The molecule has 4 nitrogen and oxygen atoms in total. The van der Waals surface area contributed by atoms with Crippen molar-refractivity contribution < 1.29 is 18.0 Å². The van der Waals surface area contributed by atoms with Crippen LogP contribution in [0.4, 0.5) is 24.5 Å². The second-order valence-corrected chi connectivity index (χ2v) is 4.82. The number of carbonyl (C=O) groups excluding carboxylic acids is 1. The summed E-state index contributed by atoms with van der Waals surface area (Å²) in [5, 5.41) is 1.95. The molecule has 0 radical (unpaired) electrons. The van der Waals surface area contributed by atoms with Crippen LogP contribution < -0.4 is 11.1 Å². The Labute approximate surface area is 123 Å². The average Bonchev–Trinajstić information content (AvgIpc) is 2.69. The number of nitrogens with two attached hydrogens (primary N) is 1. The Morgan fingerprint density at radius 2 is 2.00 bits per heavy atom. The number of anilines is 2. The van der Waals surface area contributed by atoms with Crippen molar-refractivity contribution in [2.75, 3.05) is 11.1 Å². The molecule has 21 heavy (non-hydrogen) atoms. The maximum atomic E-state index is 12.7. The molecule has 0 atom stereocenters. The van der Waals surface area contributed by atoms with Crippen LogP contribution in [0, 0.1) is 0 Å². The van der Waals surface area contributed by atoms with Crippen LogP contribution >= 0.6 is 11.6 Å². The molecule has 0 fully saturated rings. The van der Waals surface area contributed by atoms with Crippen molar-refractivity contribution in [3.05, 3.63) is 46.7 Å². The molecule has 0 saturated carbocycles. The van der Waals surface area contributed by atoms with Gasteiger partial charge in [0.2, 0.25) is 0 Å². The summed E-state index contributed by atoms with van der Waals surface area (Å²) >= 11 is 5.51. The smallest absolute Gasteiger partial charge is 0.397 e. The van der Waals surface area contributed by atoms with Crippen LogP contribution in [0.2, 0.25) is 5.02 Å². The van der Waals surface area contributed by atoms with Crippen molar-refractivity contribution in [2.24, 2.45) is 7.05 Å². The first-order chi connectivity index (χ1) is 9.68. The molecule has 1 aromatic heterocycles. The predicted octanol–water partition coefficient (Wildman–Crippen LogP) is 3.53. The fourth-order valence-corrected chi connectivity index (χ4v) is 2.06. The molecule has 1 aromatic carbocycles. The van der Waals surface area contributed by atoms with Crippen molar-refractivity contribution in [1.82, 2.24) is 4.57 Å². The Balaban J connectivity index is 2.28. The summed E-state index contributed by atoms with van der Waals surface area (Å²) in [5.74, 6) is -0.565. The monoisotopic (exact) mass is 317 g/mol. The fourth-order valence-electron chi connectivity index (χ4n) is 1.83. The standard InChI is InChI=1S/C13H11ClF3N3O/c1-20-6-7(18)4-11(20)12(21)19-8-2-3-10(14)9(5-8)13(15,16)17/h2-6H,18H2,1H3,(H,19,21). The highest BCUT2D eigenvalue weighted by Gasteiger charge is 2.33. The number of alkyl halides is 3. The van der Waals surface area contributed by atoms with E-state index >= 15 is 0 Å². The Morgan fingerprint density at radius 3 is 2.52 bits per heavy atom. The number of nitrogen functional groups attached to an aromatic ring is 1. The maximum Gasteiger partial charge on any atom is 0.417 e. The molecular formula is C13H11ClF3N3O. The highest BCUT2D eigenvalue weighted by molar-refractivity contribution is 6.31. The van der Waals surface area contributed by atoms with Gasteiger partial charge >= 0.3 is 6.18 Å². The van der Waals surface area contributed by atoms with Crippen molar-refractivity contribution in [1.29, 1.82) is 0 Å². The van der Waals surface area contributed by atoms with Gasteiger partial charge in [0, 0.05) is 18.9 Å². The molecule has 0 saturated heterocycles. The van der Waals surface area contributed by atoms with Gasteiger partial charge < -0.3 is 15.6 Å². The Hall–Kier alpha value is -2.15. The summed E-state index contributed by atoms with van der Waals surface area (Å²) in [6.45, 7) is 0. The first kappa shape index (κ1) is 15.2. The molecule has 0 bridgehead atoms. The summed E-state index contributed by atoms with van der Waals surface area (Å²) in [6.07, 6.45) is -3.06. The minimum Gasteiger partial charge on any atom is -0.397 e. The lowest BCUT2D eigenvalue weighted by Gasteiger charge is -2.12. The van der Waals surface area contributed by atoms with Gasteiger partial charge in [0.05, 0.1) is 16.3 Å². The third kappa shape index (κ3) is 3.30. The maximum absolute atomic E-state index is 12.7. The first-order valence-corrected chi connectivity index (χ1v) is 6.16. The molecule has 2 rings (SSSR count). The van der Waals surface area contributed by atoms with Gasteiger partial charge in [-0.25, -0.2) is 0 Å². The van der Waals surface area contributed by atoms with Gasteiger partial charge in [0.15, 0.2) is 0 Å². The SMILES string of the molecule is Cn1cc(N)cc1C(=O)Nc1ccc(Cl)c(C(F)(F)F)c1. The lowest BCUT2D eigenvalue weighted by atomic mass is 10.2. The van der Waals surface area contributed by atoms with Gasteiger partial charge in [0.1, 0.15) is 5.69 Å². The highest BCUT2D eigenvalue weighted by atomic mass is 35.5. The van der Waals surface area contributed by atoms with Gasteiger partial charge in [0.25, 0.3) is 5.91 Å². The first-order valence-electron chi connectivity index (χ1n) is 5.78. The summed E-state index contributed by atoms with van der Waals surface area (Å²) in [4.78, 5) is 12.0. The molecule has 0 spiro atoms. The number of nitrogens with one attached hydrogen (secondary N) is 1. The van der Waals surface area contributed by atoms with E-state index in [-0.39, 0.29) is 11.4 Å². The van der Waals surface area contributed by atoms with Crippen LogP contribution in [0.1, 0.15) is 16.1 Å². The van der Waals surface area contributed by atoms with Crippen molar-refractivity contribution in [3.63, 3.8) is 0 Å². The highest BCUT2D eigenvalue weighted by Crippen LogP contribution is 2.36. The quantitative estimate of drug-likeness (QED) is 0.890. The van der Waals surface area contributed by atoms with E-state index < -0.39 is 22.7 Å². The largest absolute Gasteiger partial charge is 0.417 e. The predicted molar refractivity (Wildman–Crippen MR) is 74.2 cm³/mol. The zero-order valence-electron chi connectivity index (χ0n) is 10.8. The van der Waals surface area contributed by atoms with Gasteiger partial charge in [-0.05, 0) is 24.3 Å². The second kappa shape index (κ2) is 5.33. The second-order valence-electron chi connectivity index (χ2n) is 4.42. The third-order valence-corrected chi connectivity index (χ3v) is 3.12. The molecule has 0 unspecified atom stereocenters. The van der Waals surface area contributed by atoms with Crippen molar-refractivity contribution in [2.45, 2.75) is 6.18 Å². The minimum atomic E-state index is -4.59. The number of nitrogens with zero attached hydrogens (tertiary/aromatic N) is 1. The van der Waals surface area contributed by atoms with Crippen LogP contribution in [-0.4, -0.2) is 10.5 Å². The van der Waals surface area contributed by atoms with E-state index in [2.05, 4.69) is 5.32 Å². The number of hydrogen-bond donors (Lipinski definition) is 2. The lowest BCUT2D eigenvalue weighted by Crippen LogP contribution is -2.16. The van der Waals surface area contributed by atoms with Gasteiger partial charge in [-0.2, -0.15) is 13.2 Å². The Bertz CT molecular complexity index is 694. The van der Waals surface area contributed by atoms with E-state index in [4.69, 9.17) is 17.3 Å². The third-order valence-electron chi connectivity index (χ3n) is 2.79. The molecule has 1 amide bonds. The van der Waals surface area contributed by atoms with Gasteiger partial charge in [-0.3, -0.25) is 4.79 Å². The molecular weight excluding hydrogens is 307 g/mol. The van der Waals surface area contributed by atoms with E-state index in [0.29, 0.717) is 5.69 Å². The van der Waals surface area contributed by atoms with Crippen LogP contribution in [0.25, 0.3) is 0 Å². The van der Waals surface area contributed by atoms with E-state index in [9.17, 15) is 18.0 Å². The topological polar surface area (TPSA) is 60.0 Å². The lowest BCUT2D eigenvalue weighted by molar-refractivity contribution is -0.137. The molecule has 1 heterocycles. The number of aromatic nitrogens is 1. The van der Waals surface area contributed by atoms with E-state index in [0.717, 1.165) is 12.1 Å². The van der Waals surface area contributed by atoms with Crippen LogP contribution in [-0.2, 0) is 13.2 Å². The number of hydrogen-bond acceptors (Lipinski definition) is 2. The molecule has 0 aliphatic heterocycles. The molecule has 8 heteroatoms. The summed E-state index contributed by atoms with van der Waals surface area (Å²) < 4.78 is 39.7. The molecule has 2 aromatic rings. The van der Waals surface area contributed by atoms with Crippen molar-refractivity contribution >= 4 is 28.9 Å². The zero-order chi connectivity index (χ0) is 15.8. The van der Waals surface area contributed by atoms with Crippen LogP contribution in [0.3, 0.4) is 0 Å². The summed E-state index contributed by atoms with van der Waals surface area (Å²) in [5.41, 5.74) is 5.15. The van der Waals surface area contributed by atoms with E-state index in [1.807, 2.05) is 0 Å². The van der Waals surface area contributed by atoms with Gasteiger partial charge in [-0.1, -0.05) is 11.6 Å². The molecule has 3 N–H and O–H groups in total. The number of rotatable bonds is 2. The number of halogens is 4. The zero-order valence-corrected chi connectivity index (χ0v) is 11.6. The van der Waals surface area contributed by atoms with Gasteiger partial charge in [-0.15, -0.1) is 0 Å². The van der Waals surface area contributed by atoms with E-state index in [1.54, 1.807) is 7.05 Å². The summed E-state index contributed by atoms with van der Waals surface area (Å²) in [7, 11) is 1.61. The van der Waals surface area contributed by atoms with Crippen LogP contribution in [0.15, 0.2) is 30.5 Å². The molecule has 0 aliphatic carbocycles. The average molecular weight is 318 g/mol. The Morgan fingerprint density at radius 1 is 1.33 bits per heavy atom. The number of benzene rings is 1. The Kier molecular flexibility index (Phi) is 3.87. The number of carbonyl (C=O) groups is 1. The summed E-state index contributed by atoms with van der Waals surface area (Å²) in [6, 6.07) is 4.59. The molecule has 0 aliphatic rings. The van der Waals surface area contributed by atoms with E-state index in [1.165, 1.54) is 22.9 Å². The van der Waals surface area contributed by atoms with Crippen LogP contribution in [0.5, 0.6) is 0 Å². The minimum absolute atomic E-state index is 0.00324. The normalized spacial score (nSPS) is 11.5. The fraction of sp³-hybridized carbons (Fsp3) is 0.154. The number of amides is 1. The van der Waals surface area contributed by atoms with Crippen molar-refractivity contribution in [3.8, 4) is 0 Å². The number of aryl methyl sites for hydroxylation is 1.